The molecule has 0 aliphatic heterocycles. The molecular weight excluding hydrogens is 310 g/mol. The molecule has 22 heavy (non-hydrogen) atoms. The van der Waals surface area contributed by atoms with Crippen molar-refractivity contribution in [2.75, 3.05) is 6.61 Å². The van der Waals surface area contributed by atoms with E-state index in [1.807, 2.05) is 6.92 Å². The highest BCUT2D eigenvalue weighted by atomic mass is 35.5. The number of hydrogen-bond donors (Lipinski definition) is 0. The number of nitro benzene ring substituents is 1. The van der Waals surface area contributed by atoms with E-state index in [1.165, 1.54) is 24.3 Å². The van der Waals surface area contributed by atoms with Gasteiger partial charge < -0.3 is 9.47 Å². The first-order valence-corrected chi connectivity index (χ1v) is 6.67. The quantitative estimate of drug-likeness (QED) is 0.364. The van der Waals surface area contributed by atoms with Crippen LogP contribution in [0.3, 0.4) is 0 Å². The molecule has 2 aromatic rings. The molecule has 0 aliphatic carbocycles. The summed E-state index contributed by atoms with van der Waals surface area (Å²) < 4.78 is 10.3. The number of halogens is 1. The van der Waals surface area contributed by atoms with Crippen LogP contribution in [0.1, 0.15) is 5.56 Å². The predicted octanol–water partition coefficient (Wildman–Crippen LogP) is 3.54. The molecule has 0 aromatic heterocycles. The third kappa shape index (κ3) is 4.20. The van der Waals surface area contributed by atoms with Gasteiger partial charge in [-0.2, -0.15) is 0 Å². The normalized spacial score (nSPS) is 10.1. The SMILES string of the molecule is Cc1cc(OCC(=O)Oc2ccc([N+](=O)[O-])cc2)ccc1Cl. The van der Waals surface area contributed by atoms with Gasteiger partial charge in [-0.15, -0.1) is 0 Å². The maximum Gasteiger partial charge on any atom is 0.349 e. The number of carbonyl (C=O) groups is 1. The molecule has 0 N–H and O–H groups in total. The first-order valence-electron chi connectivity index (χ1n) is 6.30. The third-order valence-electron chi connectivity index (χ3n) is 2.77. The van der Waals surface area contributed by atoms with Gasteiger partial charge in [-0.05, 0) is 42.8 Å². The minimum absolute atomic E-state index is 0.0762. The Hall–Kier alpha value is -2.60. The molecule has 0 amide bonds. The number of non-ortho nitro benzene ring substituents is 1. The Morgan fingerprint density at radius 1 is 1.18 bits per heavy atom. The average molecular weight is 322 g/mol. The first kappa shape index (κ1) is 15.8. The van der Waals surface area contributed by atoms with Crippen molar-refractivity contribution in [2.24, 2.45) is 0 Å². The van der Waals surface area contributed by atoms with E-state index in [1.54, 1.807) is 18.2 Å². The summed E-state index contributed by atoms with van der Waals surface area (Å²) in [7, 11) is 0. The van der Waals surface area contributed by atoms with E-state index in [0.29, 0.717) is 10.8 Å². The molecule has 0 radical (unpaired) electrons. The summed E-state index contributed by atoms with van der Waals surface area (Å²) >= 11 is 5.89. The van der Waals surface area contributed by atoms with E-state index < -0.39 is 10.9 Å². The lowest BCUT2D eigenvalue weighted by Gasteiger charge is -2.08. The zero-order chi connectivity index (χ0) is 16.1. The molecule has 0 saturated heterocycles. The van der Waals surface area contributed by atoms with Crippen LogP contribution in [-0.4, -0.2) is 17.5 Å². The molecule has 2 aromatic carbocycles. The Labute approximate surface area is 131 Å². The van der Waals surface area contributed by atoms with Crippen LogP contribution >= 0.6 is 11.6 Å². The van der Waals surface area contributed by atoms with Crippen molar-refractivity contribution >= 4 is 23.3 Å². The number of nitro groups is 1. The minimum Gasteiger partial charge on any atom is -0.482 e. The fourth-order valence-electron chi connectivity index (χ4n) is 1.65. The highest BCUT2D eigenvalue weighted by molar-refractivity contribution is 6.31. The van der Waals surface area contributed by atoms with Crippen LogP contribution in [0.5, 0.6) is 11.5 Å². The Balaban J connectivity index is 1.89. The van der Waals surface area contributed by atoms with Gasteiger partial charge in [0.05, 0.1) is 4.92 Å². The lowest BCUT2D eigenvalue weighted by molar-refractivity contribution is -0.384. The van der Waals surface area contributed by atoms with E-state index in [0.717, 1.165) is 5.56 Å². The van der Waals surface area contributed by atoms with Crippen molar-refractivity contribution in [2.45, 2.75) is 6.92 Å². The zero-order valence-corrected chi connectivity index (χ0v) is 12.4. The van der Waals surface area contributed by atoms with Crippen LogP contribution in [0.4, 0.5) is 5.69 Å². The summed E-state index contributed by atoms with van der Waals surface area (Å²) in [6, 6.07) is 10.2. The number of nitrogens with zero attached hydrogens (tertiary/aromatic N) is 1. The zero-order valence-electron chi connectivity index (χ0n) is 11.6. The fraction of sp³-hybridized carbons (Fsp3) is 0.133. The lowest BCUT2D eigenvalue weighted by atomic mass is 10.2. The van der Waals surface area contributed by atoms with Gasteiger partial charge >= 0.3 is 5.97 Å². The van der Waals surface area contributed by atoms with Crippen LogP contribution in [0.25, 0.3) is 0 Å². The van der Waals surface area contributed by atoms with Gasteiger partial charge in [0.1, 0.15) is 11.5 Å². The van der Waals surface area contributed by atoms with Crippen LogP contribution in [0.2, 0.25) is 5.02 Å². The highest BCUT2D eigenvalue weighted by Crippen LogP contribution is 2.21. The van der Waals surface area contributed by atoms with E-state index in [4.69, 9.17) is 21.1 Å². The van der Waals surface area contributed by atoms with Crippen LogP contribution in [-0.2, 0) is 4.79 Å². The summed E-state index contributed by atoms with van der Waals surface area (Å²) in [5.41, 5.74) is 0.760. The molecule has 0 aliphatic rings. The molecule has 0 heterocycles. The molecule has 0 fully saturated rings. The first-order chi connectivity index (χ1) is 10.5. The molecule has 0 atom stereocenters. The Bertz CT molecular complexity index is 700. The standard InChI is InChI=1S/C15H12ClNO5/c1-10-8-13(6-7-14(10)16)21-9-15(18)22-12-4-2-11(3-5-12)17(19)20/h2-8H,9H2,1H3. The van der Waals surface area contributed by atoms with Gasteiger partial charge in [0.15, 0.2) is 6.61 Å². The predicted molar refractivity (Wildman–Crippen MR) is 80.4 cm³/mol. The second-order valence-electron chi connectivity index (χ2n) is 4.42. The number of aryl methyl sites for hydroxylation is 1. The lowest BCUT2D eigenvalue weighted by Crippen LogP contribution is -2.17. The van der Waals surface area contributed by atoms with Crippen LogP contribution in [0, 0.1) is 17.0 Å². The smallest absolute Gasteiger partial charge is 0.349 e. The Morgan fingerprint density at radius 3 is 2.41 bits per heavy atom. The number of hydrogen-bond acceptors (Lipinski definition) is 5. The molecule has 7 heteroatoms. The highest BCUT2D eigenvalue weighted by Gasteiger charge is 2.09. The summed E-state index contributed by atoms with van der Waals surface area (Å²) in [6.45, 7) is 1.54. The minimum atomic E-state index is -0.610. The number of benzene rings is 2. The second-order valence-corrected chi connectivity index (χ2v) is 4.83. The summed E-state index contributed by atoms with van der Waals surface area (Å²) in [4.78, 5) is 21.6. The third-order valence-corrected chi connectivity index (χ3v) is 3.19. The van der Waals surface area contributed by atoms with Crippen molar-refractivity contribution in [1.29, 1.82) is 0 Å². The van der Waals surface area contributed by atoms with Crippen molar-refractivity contribution in [3.05, 3.63) is 63.2 Å². The molecular formula is C15H12ClNO5. The van der Waals surface area contributed by atoms with E-state index >= 15 is 0 Å². The van der Waals surface area contributed by atoms with Crippen LogP contribution in [0.15, 0.2) is 42.5 Å². The van der Waals surface area contributed by atoms with Gasteiger partial charge in [0.25, 0.3) is 5.69 Å². The number of carbonyl (C=O) groups excluding carboxylic acids is 1. The molecule has 6 nitrogen and oxygen atoms in total. The molecule has 0 spiro atoms. The summed E-state index contributed by atoms with van der Waals surface area (Å²) in [5, 5.41) is 11.1. The maximum atomic E-state index is 11.6. The molecule has 0 unspecified atom stereocenters. The fourth-order valence-corrected chi connectivity index (χ4v) is 1.76. The second kappa shape index (κ2) is 6.91. The van der Waals surface area contributed by atoms with Gasteiger partial charge in [0.2, 0.25) is 0 Å². The molecule has 114 valence electrons. The van der Waals surface area contributed by atoms with Crippen molar-refractivity contribution < 1.29 is 19.2 Å². The monoisotopic (exact) mass is 321 g/mol. The number of rotatable bonds is 5. The van der Waals surface area contributed by atoms with Gasteiger partial charge in [-0.1, -0.05) is 11.6 Å². The van der Waals surface area contributed by atoms with Crippen LogP contribution < -0.4 is 9.47 Å². The molecule has 2 rings (SSSR count). The van der Waals surface area contributed by atoms with Crippen molar-refractivity contribution in [1.82, 2.24) is 0 Å². The van der Waals surface area contributed by atoms with E-state index in [2.05, 4.69) is 0 Å². The van der Waals surface area contributed by atoms with E-state index in [9.17, 15) is 14.9 Å². The summed E-state index contributed by atoms with van der Waals surface area (Å²) in [6.07, 6.45) is 0. The van der Waals surface area contributed by atoms with Gasteiger partial charge in [-0.3, -0.25) is 10.1 Å². The average Bonchev–Trinajstić information content (AvgIpc) is 2.49. The molecule has 0 saturated carbocycles. The van der Waals surface area contributed by atoms with Gasteiger partial charge in [-0.25, -0.2) is 4.79 Å². The van der Waals surface area contributed by atoms with Crippen molar-refractivity contribution in [3.63, 3.8) is 0 Å². The number of ether oxygens (including phenoxy) is 2. The topological polar surface area (TPSA) is 78.7 Å². The Kier molecular flexibility index (Phi) is 4.95. The summed E-state index contributed by atoms with van der Waals surface area (Å²) in [5.74, 6) is 0.107. The number of esters is 1. The maximum absolute atomic E-state index is 11.6. The molecule has 0 bridgehead atoms. The van der Waals surface area contributed by atoms with E-state index in [-0.39, 0.29) is 18.0 Å². The van der Waals surface area contributed by atoms with Gasteiger partial charge in [0, 0.05) is 17.2 Å². The largest absolute Gasteiger partial charge is 0.482 e. The van der Waals surface area contributed by atoms with Crippen molar-refractivity contribution in [3.8, 4) is 11.5 Å². The Morgan fingerprint density at radius 2 is 1.82 bits per heavy atom.